The van der Waals surface area contributed by atoms with Gasteiger partial charge in [-0.25, -0.2) is 0 Å². The third-order valence-electron chi connectivity index (χ3n) is 1.79. The van der Waals surface area contributed by atoms with E-state index in [2.05, 4.69) is 5.16 Å². The molecule has 0 radical (unpaired) electrons. The first-order valence-corrected chi connectivity index (χ1v) is 4.22. The zero-order chi connectivity index (χ0) is 9.26. The second-order valence-corrected chi connectivity index (χ2v) is 3.14. The van der Waals surface area contributed by atoms with Crippen LogP contribution in [0.1, 0.15) is 5.69 Å². The minimum absolute atomic E-state index is 0.453. The van der Waals surface area contributed by atoms with E-state index in [1.54, 1.807) is 19.2 Å². The Balaban J connectivity index is 2.55. The van der Waals surface area contributed by atoms with Crippen LogP contribution in [0.4, 0.5) is 0 Å². The Hall–Kier alpha value is -1.06. The summed E-state index contributed by atoms with van der Waals surface area (Å²) in [4.78, 5) is 0. The van der Waals surface area contributed by atoms with Crippen molar-refractivity contribution in [2.24, 2.45) is 0 Å². The summed E-state index contributed by atoms with van der Waals surface area (Å²) in [6, 6.07) is 5.42. The highest BCUT2D eigenvalue weighted by molar-refractivity contribution is 6.31. The molecule has 0 N–H and O–H groups in total. The van der Waals surface area contributed by atoms with E-state index in [1.165, 1.54) is 0 Å². The fourth-order valence-corrected chi connectivity index (χ4v) is 1.37. The molecule has 4 heteroatoms. The Kier molecular flexibility index (Phi) is 2.20. The highest BCUT2D eigenvalue weighted by atomic mass is 35.5. The van der Waals surface area contributed by atoms with Gasteiger partial charge in [-0.2, -0.15) is 0 Å². The van der Waals surface area contributed by atoms with Crippen LogP contribution in [0.3, 0.4) is 0 Å². The zero-order valence-electron chi connectivity index (χ0n) is 7.08. The smallest absolute Gasteiger partial charge is 0.168 e. The molecule has 1 heterocycles. The molecule has 1 aromatic carbocycles. The number of ether oxygens (including phenoxy) is 1. The fraction of sp³-hybridized carbons (Fsp3) is 0.222. The van der Waals surface area contributed by atoms with Crippen molar-refractivity contribution in [3.63, 3.8) is 0 Å². The molecule has 68 valence electrons. The lowest BCUT2D eigenvalue weighted by Crippen LogP contribution is -1.86. The van der Waals surface area contributed by atoms with E-state index in [-0.39, 0.29) is 0 Å². The second kappa shape index (κ2) is 3.36. The number of hydrogen-bond donors (Lipinski definition) is 0. The van der Waals surface area contributed by atoms with Gasteiger partial charge < -0.3 is 9.26 Å². The van der Waals surface area contributed by atoms with Crippen molar-refractivity contribution in [2.75, 3.05) is 7.11 Å². The van der Waals surface area contributed by atoms with Gasteiger partial charge in [-0.05, 0) is 12.1 Å². The van der Waals surface area contributed by atoms with Gasteiger partial charge in [-0.15, -0.1) is 0 Å². The number of halogens is 1. The summed E-state index contributed by atoms with van der Waals surface area (Å²) in [6.45, 7) is 0.453. The number of benzene rings is 1. The van der Waals surface area contributed by atoms with Gasteiger partial charge in [-0.3, -0.25) is 0 Å². The van der Waals surface area contributed by atoms with Crippen LogP contribution in [0.25, 0.3) is 11.0 Å². The fourth-order valence-electron chi connectivity index (χ4n) is 1.20. The molecule has 2 rings (SSSR count). The molecule has 0 saturated carbocycles. The lowest BCUT2D eigenvalue weighted by atomic mass is 10.2. The van der Waals surface area contributed by atoms with Gasteiger partial charge in [-0.1, -0.05) is 16.8 Å². The molecule has 0 aliphatic carbocycles. The van der Waals surface area contributed by atoms with Crippen LogP contribution in [0, 0.1) is 0 Å². The van der Waals surface area contributed by atoms with Crippen LogP contribution in [0.5, 0.6) is 0 Å². The van der Waals surface area contributed by atoms with E-state index >= 15 is 0 Å². The lowest BCUT2D eigenvalue weighted by Gasteiger charge is -1.92. The molecule has 0 spiro atoms. The number of rotatable bonds is 2. The third kappa shape index (κ3) is 1.53. The van der Waals surface area contributed by atoms with Crippen LogP contribution in [0.2, 0.25) is 5.02 Å². The minimum Gasteiger partial charge on any atom is -0.378 e. The van der Waals surface area contributed by atoms with Crippen molar-refractivity contribution >= 4 is 22.6 Å². The predicted molar refractivity (Wildman–Crippen MR) is 49.7 cm³/mol. The van der Waals surface area contributed by atoms with E-state index in [4.69, 9.17) is 20.9 Å². The van der Waals surface area contributed by atoms with Gasteiger partial charge in [0.25, 0.3) is 0 Å². The van der Waals surface area contributed by atoms with Gasteiger partial charge >= 0.3 is 0 Å². The molecule has 0 saturated heterocycles. The first-order chi connectivity index (χ1) is 6.31. The second-order valence-electron chi connectivity index (χ2n) is 2.70. The van der Waals surface area contributed by atoms with E-state index < -0.39 is 0 Å². The molecule has 2 aromatic rings. The average molecular weight is 198 g/mol. The van der Waals surface area contributed by atoms with Crippen molar-refractivity contribution in [1.29, 1.82) is 0 Å². The van der Waals surface area contributed by atoms with Crippen LogP contribution in [-0.2, 0) is 11.3 Å². The van der Waals surface area contributed by atoms with Crippen LogP contribution in [0.15, 0.2) is 22.7 Å². The Labute approximate surface area is 80.2 Å². The molecule has 13 heavy (non-hydrogen) atoms. The number of methoxy groups -OCH3 is 1. The molecule has 3 nitrogen and oxygen atoms in total. The molecular weight excluding hydrogens is 190 g/mol. The van der Waals surface area contributed by atoms with Crippen molar-refractivity contribution in [1.82, 2.24) is 5.16 Å². The molecular formula is C9H8ClNO2. The largest absolute Gasteiger partial charge is 0.378 e. The SMILES string of the molecule is COCc1noc2cc(Cl)ccc12. The molecule has 1 aromatic heterocycles. The number of fused-ring (bicyclic) bond motifs is 1. The summed E-state index contributed by atoms with van der Waals surface area (Å²) in [5.41, 5.74) is 1.49. The molecule has 0 aliphatic heterocycles. The summed E-state index contributed by atoms with van der Waals surface area (Å²) in [5.74, 6) is 0. The van der Waals surface area contributed by atoms with Crippen LogP contribution < -0.4 is 0 Å². The van der Waals surface area contributed by atoms with E-state index in [0.29, 0.717) is 17.2 Å². The lowest BCUT2D eigenvalue weighted by molar-refractivity contribution is 0.178. The van der Waals surface area contributed by atoms with Gasteiger partial charge in [0.2, 0.25) is 0 Å². The highest BCUT2D eigenvalue weighted by Crippen LogP contribution is 2.22. The van der Waals surface area contributed by atoms with Crippen LogP contribution >= 0.6 is 11.6 Å². The summed E-state index contributed by atoms with van der Waals surface area (Å²) < 4.78 is 10.0. The van der Waals surface area contributed by atoms with Gasteiger partial charge in [0.1, 0.15) is 5.69 Å². The van der Waals surface area contributed by atoms with Crippen LogP contribution in [-0.4, -0.2) is 12.3 Å². The summed E-state index contributed by atoms with van der Waals surface area (Å²) in [5, 5.41) is 5.46. The molecule has 0 fully saturated rings. The Morgan fingerprint density at radius 1 is 1.54 bits per heavy atom. The standard InChI is InChI=1S/C9H8ClNO2/c1-12-5-8-7-3-2-6(10)4-9(7)13-11-8/h2-4H,5H2,1H3. The maximum atomic E-state index is 5.79. The van der Waals surface area contributed by atoms with Crippen molar-refractivity contribution < 1.29 is 9.26 Å². The molecule has 0 amide bonds. The zero-order valence-corrected chi connectivity index (χ0v) is 7.84. The Bertz CT molecular complexity index is 424. The van der Waals surface area contributed by atoms with Gasteiger partial charge in [0.05, 0.1) is 6.61 Å². The van der Waals surface area contributed by atoms with E-state index in [1.807, 2.05) is 6.07 Å². The quantitative estimate of drug-likeness (QED) is 0.743. The number of aromatic nitrogens is 1. The molecule has 0 unspecified atom stereocenters. The monoisotopic (exact) mass is 197 g/mol. The third-order valence-corrected chi connectivity index (χ3v) is 2.02. The molecule has 0 atom stereocenters. The number of hydrogen-bond acceptors (Lipinski definition) is 3. The highest BCUT2D eigenvalue weighted by Gasteiger charge is 2.07. The van der Waals surface area contributed by atoms with E-state index in [9.17, 15) is 0 Å². The maximum absolute atomic E-state index is 5.79. The summed E-state index contributed by atoms with van der Waals surface area (Å²) >= 11 is 5.79. The summed E-state index contributed by atoms with van der Waals surface area (Å²) in [7, 11) is 1.62. The first-order valence-electron chi connectivity index (χ1n) is 3.84. The normalized spacial score (nSPS) is 10.9. The molecule has 0 bridgehead atoms. The summed E-state index contributed by atoms with van der Waals surface area (Å²) in [6.07, 6.45) is 0. The topological polar surface area (TPSA) is 35.3 Å². The van der Waals surface area contributed by atoms with Crippen molar-refractivity contribution in [3.05, 3.63) is 28.9 Å². The number of nitrogens with zero attached hydrogens (tertiary/aromatic N) is 1. The Morgan fingerprint density at radius 3 is 3.15 bits per heavy atom. The first kappa shape index (κ1) is 8.53. The van der Waals surface area contributed by atoms with Gasteiger partial charge in [0.15, 0.2) is 5.58 Å². The average Bonchev–Trinajstić information content (AvgIpc) is 2.49. The van der Waals surface area contributed by atoms with Crippen molar-refractivity contribution in [2.45, 2.75) is 6.61 Å². The Morgan fingerprint density at radius 2 is 2.38 bits per heavy atom. The van der Waals surface area contributed by atoms with E-state index in [0.717, 1.165) is 11.1 Å². The minimum atomic E-state index is 0.453. The maximum Gasteiger partial charge on any atom is 0.168 e. The predicted octanol–water partition coefficient (Wildman–Crippen LogP) is 2.63. The molecule has 0 aliphatic rings. The van der Waals surface area contributed by atoms with Gasteiger partial charge in [0, 0.05) is 23.6 Å². The van der Waals surface area contributed by atoms with Crippen molar-refractivity contribution in [3.8, 4) is 0 Å².